The van der Waals surface area contributed by atoms with Gasteiger partial charge in [0.1, 0.15) is 6.61 Å². The van der Waals surface area contributed by atoms with Crippen molar-refractivity contribution in [1.82, 2.24) is 0 Å². The number of benzene rings is 1. The molecule has 0 aliphatic heterocycles. The number of carbonyl (C=O) groups excluding carboxylic acids is 1. The maximum atomic E-state index is 11.8. The van der Waals surface area contributed by atoms with Gasteiger partial charge in [-0.2, -0.15) is 11.8 Å². The Morgan fingerprint density at radius 3 is 2.71 bits per heavy atom. The van der Waals surface area contributed by atoms with E-state index in [1.165, 1.54) is 0 Å². The lowest BCUT2D eigenvalue weighted by Gasteiger charge is -2.09. The molecule has 2 N–H and O–H groups in total. The maximum absolute atomic E-state index is 11.8. The number of esters is 1. The Morgan fingerprint density at radius 1 is 1.35 bits per heavy atom. The van der Waals surface area contributed by atoms with E-state index in [0.29, 0.717) is 17.9 Å². The number of rotatable bonds is 5. The molecule has 1 rings (SSSR count). The first-order valence-corrected chi connectivity index (χ1v) is 6.83. The van der Waals surface area contributed by atoms with E-state index in [4.69, 9.17) is 10.5 Å². The minimum absolute atomic E-state index is 0.286. The van der Waals surface area contributed by atoms with Crippen molar-refractivity contribution in [2.24, 2.45) is 0 Å². The van der Waals surface area contributed by atoms with Crippen molar-refractivity contribution in [3.8, 4) is 0 Å². The van der Waals surface area contributed by atoms with E-state index in [0.717, 1.165) is 22.6 Å². The Bertz CT molecular complexity index is 405. The summed E-state index contributed by atoms with van der Waals surface area (Å²) in [7, 11) is 0. The molecule has 0 saturated carbocycles. The minimum atomic E-state index is -0.286. The summed E-state index contributed by atoms with van der Waals surface area (Å²) >= 11 is 1.75. The molecular formula is C13H19NO2S. The molecule has 17 heavy (non-hydrogen) atoms. The third-order valence-electron chi connectivity index (χ3n) is 2.50. The smallest absolute Gasteiger partial charge is 0.338 e. The summed E-state index contributed by atoms with van der Waals surface area (Å²) in [6, 6.07) is 3.60. The summed E-state index contributed by atoms with van der Waals surface area (Å²) in [6.07, 6.45) is 0. The van der Waals surface area contributed by atoms with Crippen LogP contribution in [0.15, 0.2) is 12.1 Å². The van der Waals surface area contributed by atoms with Gasteiger partial charge in [-0.15, -0.1) is 0 Å². The fourth-order valence-electron chi connectivity index (χ4n) is 1.50. The van der Waals surface area contributed by atoms with Crippen LogP contribution < -0.4 is 5.73 Å². The van der Waals surface area contributed by atoms with Gasteiger partial charge in [-0.3, -0.25) is 0 Å². The van der Waals surface area contributed by atoms with Crippen molar-refractivity contribution in [2.75, 3.05) is 23.8 Å². The van der Waals surface area contributed by atoms with E-state index < -0.39 is 0 Å². The molecule has 0 heterocycles. The molecule has 0 aromatic heterocycles. The Labute approximate surface area is 107 Å². The highest BCUT2D eigenvalue weighted by Gasteiger charge is 2.12. The Balaban J connectivity index is 2.66. The van der Waals surface area contributed by atoms with Gasteiger partial charge in [-0.05, 0) is 36.8 Å². The van der Waals surface area contributed by atoms with Crippen LogP contribution in [-0.4, -0.2) is 24.1 Å². The molecule has 0 saturated heterocycles. The maximum Gasteiger partial charge on any atom is 0.338 e. The molecule has 4 heteroatoms. The number of nitrogen functional groups attached to an aromatic ring is 1. The SMILES string of the molecule is CCSCCOC(=O)c1cc(N)c(C)cc1C. The van der Waals surface area contributed by atoms with E-state index in [9.17, 15) is 4.79 Å². The highest BCUT2D eigenvalue weighted by molar-refractivity contribution is 7.99. The third kappa shape index (κ3) is 3.97. The van der Waals surface area contributed by atoms with Crippen LogP contribution in [0, 0.1) is 13.8 Å². The molecule has 0 bridgehead atoms. The molecule has 94 valence electrons. The second-order valence-electron chi connectivity index (χ2n) is 3.86. The van der Waals surface area contributed by atoms with Crippen LogP contribution in [0.4, 0.5) is 5.69 Å². The number of ether oxygens (including phenoxy) is 1. The second-order valence-corrected chi connectivity index (χ2v) is 5.25. The average Bonchev–Trinajstić information content (AvgIpc) is 2.29. The van der Waals surface area contributed by atoms with Gasteiger partial charge >= 0.3 is 5.97 Å². The third-order valence-corrected chi connectivity index (χ3v) is 3.36. The van der Waals surface area contributed by atoms with E-state index in [-0.39, 0.29) is 5.97 Å². The van der Waals surface area contributed by atoms with Crippen molar-refractivity contribution < 1.29 is 9.53 Å². The van der Waals surface area contributed by atoms with E-state index in [1.54, 1.807) is 17.8 Å². The van der Waals surface area contributed by atoms with Crippen LogP contribution in [0.3, 0.4) is 0 Å². The Kier molecular flexibility index (Phi) is 5.35. The van der Waals surface area contributed by atoms with E-state index in [2.05, 4.69) is 6.92 Å². The molecule has 0 amide bonds. The van der Waals surface area contributed by atoms with Crippen LogP contribution >= 0.6 is 11.8 Å². The first kappa shape index (κ1) is 13.9. The van der Waals surface area contributed by atoms with Crippen LogP contribution in [0.25, 0.3) is 0 Å². The largest absolute Gasteiger partial charge is 0.461 e. The number of anilines is 1. The van der Waals surface area contributed by atoms with Gasteiger partial charge in [0.2, 0.25) is 0 Å². The van der Waals surface area contributed by atoms with Crippen LogP contribution in [0.5, 0.6) is 0 Å². The molecule has 1 aromatic carbocycles. The predicted octanol–water partition coefficient (Wildman–Crippen LogP) is 2.80. The predicted molar refractivity (Wildman–Crippen MR) is 73.6 cm³/mol. The quantitative estimate of drug-likeness (QED) is 0.498. The molecule has 0 unspecified atom stereocenters. The van der Waals surface area contributed by atoms with E-state index in [1.807, 2.05) is 19.9 Å². The monoisotopic (exact) mass is 253 g/mol. The van der Waals surface area contributed by atoms with Crippen LogP contribution in [0.1, 0.15) is 28.4 Å². The van der Waals surface area contributed by atoms with Gasteiger partial charge in [0.25, 0.3) is 0 Å². The first-order valence-electron chi connectivity index (χ1n) is 5.67. The lowest BCUT2D eigenvalue weighted by atomic mass is 10.0. The topological polar surface area (TPSA) is 52.3 Å². The number of thioether (sulfide) groups is 1. The Morgan fingerprint density at radius 2 is 2.06 bits per heavy atom. The first-order chi connectivity index (χ1) is 8.06. The van der Waals surface area contributed by atoms with Crippen molar-refractivity contribution in [3.63, 3.8) is 0 Å². The molecule has 1 aromatic rings. The standard InChI is InChI=1S/C13H19NO2S/c1-4-17-6-5-16-13(15)11-8-12(14)10(3)7-9(11)2/h7-8H,4-6,14H2,1-3H3. The normalized spacial score (nSPS) is 10.3. The summed E-state index contributed by atoms with van der Waals surface area (Å²) < 4.78 is 5.19. The van der Waals surface area contributed by atoms with Gasteiger partial charge in [-0.25, -0.2) is 4.79 Å². The minimum Gasteiger partial charge on any atom is -0.461 e. The number of nitrogens with two attached hydrogens (primary N) is 1. The molecule has 0 atom stereocenters. The molecule has 0 fully saturated rings. The highest BCUT2D eigenvalue weighted by Crippen LogP contribution is 2.18. The van der Waals surface area contributed by atoms with Gasteiger partial charge < -0.3 is 10.5 Å². The number of hydrogen-bond acceptors (Lipinski definition) is 4. The zero-order valence-electron chi connectivity index (χ0n) is 10.6. The molecule has 0 aliphatic rings. The fraction of sp³-hybridized carbons (Fsp3) is 0.462. The molecular weight excluding hydrogens is 234 g/mol. The molecule has 0 aliphatic carbocycles. The van der Waals surface area contributed by atoms with E-state index >= 15 is 0 Å². The number of aryl methyl sites for hydroxylation is 2. The van der Waals surface area contributed by atoms with Crippen molar-refractivity contribution >= 4 is 23.4 Å². The van der Waals surface area contributed by atoms with Crippen molar-refractivity contribution in [1.29, 1.82) is 0 Å². The summed E-state index contributed by atoms with van der Waals surface area (Å²) in [5.74, 6) is 1.59. The lowest BCUT2D eigenvalue weighted by molar-refractivity contribution is 0.0529. The molecule has 0 spiro atoms. The van der Waals surface area contributed by atoms with Crippen LogP contribution in [-0.2, 0) is 4.74 Å². The number of hydrogen-bond donors (Lipinski definition) is 1. The molecule has 3 nitrogen and oxygen atoms in total. The zero-order chi connectivity index (χ0) is 12.8. The zero-order valence-corrected chi connectivity index (χ0v) is 11.4. The fourth-order valence-corrected chi connectivity index (χ4v) is 1.99. The Hall–Kier alpha value is -1.16. The van der Waals surface area contributed by atoms with Gasteiger partial charge in [-0.1, -0.05) is 13.0 Å². The van der Waals surface area contributed by atoms with Crippen molar-refractivity contribution in [3.05, 3.63) is 28.8 Å². The average molecular weight is 253 g/mol. The summed E-state index contributed by atoms with van der Waals surface area (Å²) in [6.45, 7) is 6.35. The second kappa shape index (κ2) is 6.55. The number of carbonyl (C=O) groups is 1. The molecule has 0 radical (unpaired) electrons. The highest BCUT2D eigenvalue weighted by atomic mass is 32.2. The lowest BCUT2D eigenvalue weighted by Crippen LogP contribution is -2.10. The summed E-state index contributed by atoms with van der Waals surface area (Å²) in [5, 5.41) is 0. The van der Waals surface area contributed by atoms with Crippen LogP contribution in [0.2, 0.25) is 0 Å². The van der Waals surface area contributed by atoms with Gasteiger partial charge in [0.15, 0.2) is 0 Å². The van der Waals surface area contributed by atoms with Gasteiger partial charge in [0, 0.05) is 11.4 Å². The summed E-state index contributed by atoms with van der Waals surface area (Å²) in [4.78, 5) is 11.8. The van der Waals surface area contributed by atoms with Crippen molar-refractivity contribution in [2.45, 2.75) is 20.8 Å². The summed E-state index contributed by atoms with van der Waals surface area (Å²) in [5.41, 5.74) is 8.88. The van der Waals surface area contributed by atoms with Gasteiger partial charge in [0.05, 0.1) is 5.56 Å².